The van der Waals surface area contributed by atoms with Crippen LogP contribution in [0.3, 0.4) is 0 Å². The quantitative estimate of drug-likeness (QED) is 0.00497. The van der Waals surface area contributed by atoms with Crippen molar-refractivity contribution in [1.29, 1.82) is 0 Å². The van der Waals surface area contributed by atoms with Crippen LogP contribution < -0.4 is 15.4 Å². The smallest absolute Gasteiger partial charge is 0.379 e. The number of hydrogen-bond acceptors (Lipinski definition) is 21. The van der Waals surface area contributed by atoms with Crippen LogP contribution in [-0.2, 0) is 50.4 Å². The van der Waals surface area contributed by atoms with Gasteiger partial charge in [0.2, 0.25) is 0 Å². The number of aromatic hydroxyl groups is 1. The molecule has 2 amide bonds. The van der Waals surface area contributed by atoms with Crippen molar-refractivity contribution in [3.63, 3.8) is 0 Å². The number of nitrogens with one attached hydrogen (secondary N) is 2. The van der Waals surface area contributed by atoms with Crippen LogP contribution in [0.2, 0.25) is 0 Å². The van der Waals surface area contributed by atoms with E-state index in [0.29, 0.717) is 43.7 Å². The van der Waals surface area contributed by atoms with Gasteiger partial charge in [-0.05, 0) is 80.8 Å². The van der Waals surface area contributed by atoms with Crippen LogP contribution in [-0.4, -0.2) is 98.9 Å². The van der Waals surface area contributed by atoms with E-state index in [9.17, 15) is 19.5 Å². The number of nitrogens with zero attached hydrogens (tertiary/aromatic N) is 7. The van der Waals surface area contributed by atoms with Crippen molar-refractivity contribution in [3.8, 4) is 11.5 Å². The largest absolute Gasteiger partial charge is 0.504 e. The van der Waals surface area contributed by atoms with Crippen LogP contribution in [0.15, 0.2) is 318 Å². The van der Waals surface area contributed by atoms with Gasteiger partial charge in [0.25, 0.3) is 23.4 Å². The molecule has 3 aromatic heterocycles. The molecule has 1 fully saturated rings. The summed E-state index contributed by atoms with van der Waals surface area (Å²) in [5.41, 5.74) is 6.11. The normalized spacial score (nSPS) is 14.1. The van der Waals surface area contributed by atoms with Crippen LogP contribution in [0.4, 0.5) is 5.13 Å². The standard InChI is InChI=1S/C88H69N9O12S3/c1-55-48-72(97-86(89-55)92-79(94-97)85(104)109-78(61-38-20-7-21-39-61)62-40-22-8-23-41-62)110-52-64-53-111-82-74(81(101)96(82)75(64)84(103)108-77(59-34-16-5-17-35-59)60-36-18-6-19-37-60)91-80(100)73(69-54-112-87(90-69)93-88(65-42-24-9-25-43-65,66-44-26-10-27-45-66)67-46-28-11-29-47-67)95-105-51-63-49-70(99)71(106-56(2)98)50-68(63)83(102)107-76(57-30-12-3-13-31-57)58-32-14-4-15-33-58/h3-50,54,74,76-78,82,99H,51-53H2,1-2H3,(H,90,93)(H,91,100)/b95-73+/t74-,82-/m1/s1. The Morgan fingerprint density at radius 2 is 1.04 bits per heavy atom. The van der Waals surface area contributed by atoms with E-state index in [1.54, 1.807) is 18.4 Å². The molecule has 15 rings (SSSR count). The Kier molecular flexibility index (Phi) is 22.3. The molecule has 1 saturated heterocycles. The number of thiazole rings is 1. The first-order chi connectivity index (χ1) is 54.7. The molecule has 2 aliphatic heterocycles. The lowest BCUT2D eigenvalue weighted by Gasteiger charge is -2.49. The number of anilines is 1. The van der Waals surface area contributed by atoms with E-state index >= 15 is 14.4 Å². The number of β-lactam (4-membered cyclic amide) rings is 1. The van der Waals surface area contributed by atoms with Gasteiger partial charge in [0.1, 0.15) is 40.0 Å². The molecule has 0 saturated carbocycles. The van der Waals surface area contributed by atoms with Crippen molar-refractivity contribution >= 4 is 87.2 Å². The monoisotopic (exact) mass is 1540 g/mol. The summed E-state index contributed by atoms with van der Waals surface area (Å²) < 4.78 is 25.9. The van der Waals surface area contributed by atoms with Crippen molar-refractivity contribution in [1.82, 2.24) is 34.8 Å². The molecule has 112 heavy (non-hydrogen) atoms. The Morgan fingerprint density at radius 1 is 0.589 bits per heavy atom. The third-order valence-electron chi connectivity index (χ3n) is 18.7. The number of phenolic OH excluding ortho intramolecular Hbond substituents is 1. The number of esters is 4. The zero-order chi connectivity index (χ0) is 77.1. The van der Waals surface area contributed by atoms with E-state index in [1.807, 2.05) is 273 Å². The Bertz CT molecular complexity index is 5430. The number of phenols is 1. The van der Waals surface area contributed by atoms with Gasteiger partial charge in [-0.15, -0.1) is 40.0 Å². The number of thioether (sulfide) groups is 2. The molecule has 3 N–H and O–H groups in total. The van der Waals surface area contributed by atoms with E-state index in [4.69, 9.17) is 28.8 Å². The van der Waals surface area contributed by atoms with Crippen molar-refractivity contribution in [2.24, 2.45) is 5.16 Å². The van der Waals surface area contributed by atoms with Gasteiger partial charge in [-0.25, -0.2) is 24.4 Å². The predicted molar refractivity (Wildman–Crippen MR) is 425 cm³/mol. The van der Waals surface area contributed by atoms with E-state index < -0.39 is 89.0 Å². The summed E-state index contributed by atoms with van der Waals surface area (Å²) in [5, 5.41) is 28.8. The minimum absolute atomic E-state index is 0.00557. The lowest BCUT2D eigenvalue weighted by molar-refractivity contribution is -0.154. The average Bonchev–Trinajstić information content (AvgIpc) is 0.739. The highest BCUT2D eigenvalue weighted by molar-refractivity contribution is 8.01. The number of fused-ring (bicyclic) bond motifs is 2. The molecule has 0 unspecified atom stereocenters. The summed E-state index contributed by atoms with van der Waals surface area (Å²) in [6.07, 6.45) is -2.63. The fraction of sp³-hybridized carbons (Fsp3) is 0.125. The molecule has 10 aromatic carbocycles. The topological polar surface area (TPSA) is 264 Å². The summed E-state index contributed by atoms with van der Waals surface area (Å²) in [6, 6.07) is 87.7. The molecular formula is C88H69N9O12S3. The van der Waals surface area contributed by atoms with Crippen molar-refractivity contribution in [2.45, 2.75) is 60.7 Å². The maximum Gasteiger partial charge on any atom is 0.379 e. The maximum atomic E-state index is 15.6. The highest BCUT2D eigenvalue weighted by atomic mass is 32.2. The Labute approximate surface area is 656 Å². The fourth-order valence-corrected chi connectivity index (χ4v) is 16.7. The predicted octanol–water partition coefficient (Wildman–Crippen LogP) is 15.5. The molecule has 556 valence electrons. The molecular weight excluding hydrogens is 1470 g/mol. The minimum Gasteiger partial charge on any atom is -0.504 e. The lowest BCUT2D eigenvalue weighted by Crippen LogP contribution is -2.71. The molecule has 0 bridgehead atoms. The fourth-order valence-electron chi connectivity index (χ4n) is 13.5. The number of benzene rings is 10. The Hall–Kier alpha value is -13.3. The van der Waals surface area contributed by atoms with E-state index in [-0.39, 0.29) is 51.4 Å². The molecule has 13 aromatic rings. The number of ether oxygens (including phenoxy) is 4. The summed E-state index contributed by atoms with van der Waals surface area (Å²) in [4.78, 5) is 110. The summed E-state index contributed by atoms with van der Waals surface area (Å²) in [6.45, 7) is 2.33. The zero-order valence-corrected chi connectivity index (χ0v) is 62.5. The first kappa shape index (κ1) is 74.2. The minimum atomic E-state index is -1.29. The van der Waals surface area contributed by atoms with Crippen LogP contribution in [0, 0.1) is 6.92 Å². The first-order valence-corrected chi connectivity index (χ1v) is 38.6. The number of aromatic nitrogens is 5. The highest BCUT2D eigenvalue weighted by Gasteiger charge is 2.55. The van der Waals surface area contributed by atoms with Crippen molar-refractivity contribution < 1.29 is 57.7 Å². The molecule has 0 radical (unpaired) electrons. The van der Waals surface area contributed by atoms with E-state index in [1.165, 1.54) is 56.4 Å². The van der Waals surface area contributed by atoms with Gasteiger partial charge in [0.05, 0.1) is 5.56 Å². The number of rotatable bonds is 27. The van der Waals surface area contributed by atoms with Gasteiger partial charge >= 0.3 is 23.9 Å². The second-order valence-corrected chi connectivity index (χ2v) is 29.1. The van der Waals surface area contributed by atoms with Gasteiger partial charge in [0.15, 0.2) is 40.7 Å². The summed E-state index contributed by atoms with van der Waals surface area (Å²) in [7, 11) is 0. The number of oxime groups is 1. The summed E-state index contributed by atoms with van der Waals surface area (Å²) in [5.74, 6) is -5.56. The average molecular weight is 1540 g/mol. The maximum absolute atomic E-state index is 15.6. The molecule has 0 spiro atoms. The second-order valence-electron chi connectivity index (χ2n) is 26.1. The van der Waals surface area contributed by atoms with Crippen molar-refractivity contribution in [2.75, 3.05) is 16.8 Å². The molecule has 21 nitrogen and oxygen atoms in total. The molecule has 2 aliphatic rings. The third-order valence-corrected chi connectivity index (χ3v) is 21.9. The lowest BCUT2D eigenvalue weighted by atomic mass is 9.77. The molecule has 2 atom stereocenters. The number of hydrogen-bond donors (Lipinski definition) is 3. The van der Waals surface area contributed by atoms with Gasteiger partial charge in [-0.2, -0.15) is 9.50 Å². The summed E-state index contributed by atoms with van der Waals surface area (Å²) >= 11 is 3.76. The molecule has 5 heterocycles. The first-order valence-electron chi connectivity index (χ1n) is 35.7. The van der Waals surface area contributed by atoms with Crippen molar-refractivity contribution in [3.05, 3.63) is 386 Å². The Balaban J connectivity index is 0.769. The van der Waals surface area contributed by atoms with Gasteiger partial charge in [0, 0.05) is 35.1 Å². The zero-order valence-electron chi connectivity index (χ0n) is 60.1. The van der Waals surface area contributed by atoms with Crippen LogP contribution >= 0.6 is 34.9 Å². The number of aryl methyl sites for hydroxylation is 1. The van der Waals surface area contributed by atoms with Crippen LogP contribution in [0.1, 0.15) is 113 Å². The van der Waals surface area contributed by atoms with Gasteiger partial charge < -0.3 is 39.5 Å². The number of amides is 2. The highest BCUT2D eigenvalue weighted by Crippen LogP contribution is 2.45. The number of carbonyl (C=O) groups excluding carboxylic acids is 6. The van der Waals surface area contributed by atoms with Crippen LogP contribution in [0.25, 0.3) is 5.78 Å². The van der Waals surface area contributed by atoms with Crippen LogP contribution in [0.5, 0.6) is 11.5 Å². The Morgan fingerprint density at radius 3 is 1.52 bits per heavy atom. The SMILES string of the molecule is CC(=O)Oc1cc(C(=O)OC(c2ccccc2)c2ccccc2)c(CO/N=C(/C(=O)N[C@@H]2C(=O)N3C(C(=O)OC(c4ccccc4)c4ccccc4)=C(CSc4cc(C)nc5nc(C(=O)OC(c6ccccc6)c6ccccc6)nn45)CS[C@H]23)c2csc(NC(c3ccccc3)(c3ccccc3)c3ccccc3)n2)cc1O. The molecule has 24 heteroatoms. The second kappa shape index (κ2) is 33.7. The third kappa shape index (κ3) is 16.1. The molecule has 0 aliphatic carbocycles. The van der Waals surface area contributed by atoms with Gasteiger partial charge in [-0.3, -0.25) is 19.3 Å². The van der Waals surface area contributed by atoms with E-state index in [2.05, 4.69) is 30.9 Å². The van der Waals surface area contributed by atoms with E-state index in [0.717, 1.165) is 34.7 Å². The number of carbonyl (C=O) groups is 6. The van der Waals surface area contributed by atoms with Gasteiger partial charge in [-0.1, -0.05) is 278 Å².